The topological polar surface area (TPSA) is 55.6 Å². The van der Waals surface area contributed by atoms with Gasteiger partial charge in [-0.25, -0.2) is 0 Å². The molecule has 2 fully saturated rings. The Balaban J connectivity index is 1.98. The molecule has 2 N–H and O–H groups in total. The van der Waals surface area contributed by atoms with Gasteiger partial charge in [-0.15, -0.1) is 0 Å². The average molecular weight is 212 g/mol. The minimum Gasteiger partial charge on any atom is -0.380 e. The zero-order valence-corrected chi connectivity index (χ0v) is 9.21. The highest BCUT2D eigenvalue weighted by Crippen LogP contribution is 2.29. The lowest BCUT2D eigenvalue weighted by atomic mass is 9.97. The van der Waals surface area contributed by atoms with E-state index in [1.807, 2.05) is 4.90 Å². The predicted molar refractivity (Wildman–Crippen MR) is 57.4 cm³/mol. The smallest absolute Gasteiger partial charge is 0.242 e. The number of nitrogens with zero attached hydrogens (tertiary/aromatic N) is 1. The summed E-state index contributed by atoms with van der Waals surface area (Å²) in [5, 5.41) is 0. The molecule has 0 aromatic rings. The summed E-state index contributed by atoms with van der Waals surface area (Å²) >= 11 is 0. The number of hydrogen-bond donors (Lipinski definition) is 1. The van der Waals surface area contributed by atoms with E-state index in [-0.39, 0.29) is 5.91 Å². The first-order chi connectivity index (χ1) is 7.22. The Morgan fingerprint density at radius 1 is 1.13 bits per heavy atom. The second-order valence-electron chi connectivity index (χ2n) is 4.62. The molecular weight excluding hydrogens is 192 g/mol. The molecule has 1 saturated carbocycles. The van der Waals surface area contributed by atoms with Crippen molar-refractivity contribution < 1.29 is 9.53 Å². The van der Waals surface area contributed by atoms with Crippen LogP contribution in [0.5, 0.6) is 0 Å². The molecule has 0 radical (unpaired) electrons. The molecule has 2 aliphatic rings. The van der Waals surface area contributed by atoms with Gasteiger partial charge in [-0.1, -0.05) is 12.8 Å². The van der Waals surface area contributed by atoms with Crippen LogP contribution in [-0.4, -0.2) is 42.6 Å². The van der Waals surface area contributed by atoms with E-state index in [0.717, 1.165) is 45.3 Å². The molecule has 2 rings (SSSR count). The first-order valence-corrected chi connectivity index (χ1v) is 5.88. The van der Waals surface area contributed by atoms with Gasteiger partial charge in [-0.2, -0.15) is 0 Å². The van der Waals surface area contributed by atoms with Gasteiger partial charge in [0.1, 0.15) is 0 Å². The maximum atomic E-state index is 12.2. The summed E-state index contributed by atoms with van der Waals surface area (Å²) in [5.74, 6) is 0.144. The van der Waals surface area contributed by atoms with Gasteiger partial charge in [0.25, 0.3) is 0 Å². The monoisotopic (exact) mass is 212 g/mol. The van der Waals surface area contributed by atoms with E-state index in [1.54, 1.807) is 0 Å². The predicted octanol–water partition coefficient (Wildman–Crippen LogP) is 0.507. The van der Waals surface area contributed by atoms with Crippen LogP contribution in [0.1, 0.15) is 32.1 Å². The van der Waals surface area contributed by atoms with Crippen molar-refractivity contribution >= 4 is 5.91 Å². The Bertz CT molecular complexity index is 229. The van der Waals surface area contributed by atoms with Gasteiger partial charge in [0, 0.05) is 19.7 Å². The molecule has 86 valence electrons. The summed E-state index contributed by atoms with van der Waals surface area (Å²) in [7, 11) is 0. The summed E-state index contributed by atoms with van der Waals surface area (Å²) in [6, 6.07) is 0. The molecule has 1 amide bonds. The molecule has 0 atom stereocenters. The average Bonchev–Trinajstić information content (AvgIpc) is 2.54. The Labute approximate surface area is 90.8 Å². The lowest BCUT2D eigenvalue weighted by molar-refractivity contribution is -0.136. The van der Waals surface area contributed by atoms with E-state index >= 15 is 0 Å². The van der Waals surface area contributed by atoms with E-state index in [4.69, 9.17) is 10.5 Å². The molecule has 1 aliphatic carbocycles. The molecule has 1 saturated heterocycles. The highest BCUT2D eigenvalue weighted by atomic mass is 16.5. The summed E-state index contributed by atoms with van der Waals surface area (Å²) < 4.78 is 5.34. The molecule has 0 aromatic heterocycles. The lowest BCUT2D eigenvalue weighted by Gasteiger charge is -2.30. The molecular formula is C11H20N2O2. The number of ether oxygens (including phenoxy) is 1. The van der Waals surface area contributed by atoms with Crippen LogP contribution in [0.4, 0.5) is 0 Å². The van der Waals surface area contributed by atoms with Crippen LogP contribution in [0.25, 0.3) is 0 Å². The van der Waals surface area contributed by atoms with E-state index in [2.05, 4.69) is 0 Å². The lowest BCUT2D eigenvalue weighted by Crippen LogP contribution is -2.54. The number of nitrogens with two attached hydrogens (primary N) is 1. The van der Waals surface area contributed by atoms with Crippen LogP contribution in [-0.2, 0) is 9.53 Å². The van der Waals surface area contributed by atoms with E-state index in [0.29, 0.717) is 13.2 Å². The summed E-state index contributed by atoms with van der Waals surface area (Å²) in [6.07, 6.45) is 4.81. The maximum Gasteiger partial charge on any atom is 0.242 e. The second kappa shape index (κ2) is 4.49. The fraction of sp³-hybridized carbons (Fsp3) is 0.909. The molecule has 4 nitrogen and oxygen atoms in total. The van der Waals surface area contributed by atoms with Crippen molar-refractivity contribution in [2.75, 3.05) is 26.3 Å². The van der Waals surface area contributed by atoms with Crippen molar-refractivity contribution in [3.63, 3.8) is 0 Å². The molecule has 0 unspecified atom stereocenters. The first kappa shape index (κ1) is 10.9. The van der Waals surface area contributed by atoms with Gasteiger partial charge in [0.15, 0.2) is 0 Å². The van der Waals surface area contributed by atoms with Crippen molar-refractivity contribution in [2.45, 2.75) is 37.6 Å². The summed E-state index contributed by atoms with van der Waals surface area (Å²) in [4.78, 5) is 14.1. The SMILES string of the molecule is NC1(C(=O)N2CCCOCC2)CCCC1. The third-order valence-corrected chi connectivity index (χ3v) is 3.43. The van der Waals surface area contributed by atoms with Crippen LogP contribution in [0.15, 0.2) is 0 Å². The number of rotatable bonds is 1. The van der Waals surface area contributed by atoms with Crippen molar-refractivity contribution in [2.24, 2.45) is 5.73 Å². The Hall–Kier alpha value is -0.610. The zero-order chi connectivity index (χ0) is 10.7. The molecule has 0 spiro atoms. The van der Waals surface area contributed by atoms with Gasteiger partial charge >= 0.3 is 0 Å². The highest BCUT2D eigenvalue weighted by molar-refractivity contribution is 5.86. The summed E-state index contributed by atoms with van der Waals surface area (Å²) in [6.45, 7) is 2.93. The third kappa shape index (κ3) is 2.32. The largest absolute Gasteiger partial charge is 0.380 e. The van der Waals surface area contributed by atoms with Crippen LogP contribution in [0.2, 0.25) is 0 Å². The van der Waals surface area contributed by atoms with Crippen LogP contribution in [0, 0.1) is 0 Å². The fourth-order valence-corrected chi connectivity index (χ4v) is 2.48. The first-order valence-electron chi connectivity index (χ1n) is 5.88. The van der Waals surface area contributed by atoms with Crippen LogP contribution >= 0.6 is 0 Å². The number of hydrogen-bond acceptors (Lipinski definition) is 3. The standard InChI is InChI=1S/C11H20N2O2/c12-11(4-1-2-5-11)10(14)13-6-3-8-15-9-7-13/h1-9,12H2. The van der Waals surface area contributed by atoms with E-state index in [9.17, 15) is 4.79 Å². The van der Waals surface area contributed by atoms with Crippen molar-refractivity contribution in [3.05, 3.63) is 0 Å². The molecule has 1 aliphatic heterocycles. The van der Waals surface area contributed by atoms with Gasteiger partial charge in [-0.05, 0) is 19.3 Å². The van der Waals surface area contributed by atoms with Crippen LogP contribution in [0.3, 0.4) is 0 Å². The quantitative estimate of drug-likeness (QED) is 0.689. The van der Waals surface area contributed by atoms with Crippen molar-refractivity contribution in [3.8, 4) is 0 Å². The van der Waals surface area contributed by atoms with Gasteiger partial charge in [0.05, 0.1) is 12.1 Å². The number of amides is 1. The highest BCUT2D eigenvalue weighted by Gasteiger charge is 2.39. The van der Waals surface area contributed by atoms with Gasteiger partial charge in [0.2, 0.25) is 5.91 Å². The molecule has 15 heavy (non-hydrogen) atoms. The maximum absolute atomic E-state index is 12.2. The van der Waals surface area contributed by atoms with E-state index < -0.39 is 5.54 Å². The minimum atomic E-state index is -0.565. The number of carbonyl (C=O) groups excluding carboxylic acids is 1. The Morgan fingerprint density at radius 3 is 2.60 bits per heavy atom. The summed E-state index contributed by atoms with van der Waals surface area (Å²) in [5.41, 5.74) is 5.59. The Kier molecular flexibility index (Phi) is 3.26. The van der Waals surface area contributed by atoms with Gasteiger partial charge in [-0.3, -0.25) is 4.79 Å². The third-order valence-electron chi connectivity index (χ3n) is 3.43. The second-order valence-corrected chi connectivity index (χ2v) is 4.62. The van der Waals surface area contributed by atoms with Crippen molar-refractivity contribution in [1.82, 2.24) is 4.90 Å². The fourth-order valence-electron chi connectivity index (χ4n) is 2.48. The molecule has 4 heteroatoms. The van der Waals surface area contributed by atoms with Crippen molar-refractivity contribution in [1.29, 1.82) is 0 Å². The molecule has 0 bridgehead atoms. The molecule has 0 aromatic carbocycles. The van der Waals surface area contributed by atoms with Crippen LogP contribution < -0.4 is 5.73 Å². The zero-order valence-electron chi connectivity index (χ0n) is 9.21. The number of carbonyl (C=O) groups is 1. The minimum absolute atomic E-state index is 0.144. The Morgan fingerprint density at radius 2 is 1.87 bits per heavy atom. The molecule has 1 heterocycles. The normalized spacial score (nSPS) is 26.3. The van der Waals surface area contributed by atoms with E-state index in [1.165, 1.54) is 0 Å². The van der Waals surface area contributed by atoms with Gasteiger partial charge < -0.3 is 15.4 Å².